The van der Waals surface area contributed by atoms with E-state index in [0.717, 1.165) is 44.0 Å². The van der Waals surface area contributed by atoms with Gasteiger partial charge in [0.15, 0.2) is 5.96 Å². The number of piperidine rings is 1. The fraction of sp³-hybridized carbons (Fsp3) is 0.579. The maximum absolute atomic E-state index is 11.7. The summed E-state index contributed by atoms with van der Waals surface area (Å²) in [5, 5.41) is 3.36. The molecule has 1 fully saturated rings. The van der Waals surface area contributed by atoms with E-state index in [9.17, 15) is 4.79 Å². The van der Waals surface area contributed by atoms with Gasteiger partial charge < -0.3 is 19.7 Å². The Bertz CT molecular complexity index is 587. The van der Waals surface area contributed by atoms with Gasteiger partial charge in [-0.3, -0.25) is 4.79 Å². The number of likely N-dealkylation sites (tertiary alicyclic amines) is 1. The molecule has 0 aromatic heterocycles. The lowest BCUT2D eigenvalue weighted by atomic mass is 9.97. The van der Waals surface area contributed by atoms with Crippen LogP contribution in [0, 0.1) is 5.92 Å². The van der Waals surface area contributed by atoms with Gasteiger partial charge in [-0.1, -0.05) is 24.3 Å². The molecule has 0 amide bonds. The molecule has 0 unspecified atom stereocenters. The fourth-order valence-electron chi connectivity index (χ4n) is 3.09. The first-order chi connectivity index (χ1) is 12.2. The molecule has 0 atom stereocenters. The van der Waals surface area contributed by atoms with Gasteiger partial charge in [0.1, 0.15) is 0 Å². The Hall–Kier alpha value is -1.35. The van der Waals surface area contributed by atoms with Crippen molar-refractivity contribution in [3.05, 3.63) is 35.4 Å². The molecular formula is C19H30IN3O3. The molecule has 146 valence electrons. The van der Waals surface area contributed by atoms with Gasteiger partial charge in [0, 0.05) is 26.7 Å². The molecule has 1 aliphatic rings. The van der Waals surface area contributed by atoms with Crippen LogP contribution in [0.3, 0.4) is 0 Å². The Balaban J connectivity index is 0.00000338. The van der Waals surface area contributed by atoms with Crippen molar-refractivity contribution in [2.24, 2.45) is 10.9 Å². The van der Waals surface area contributed by atoms with Gasteiger partial charge in [0.2, 0.25) is 0 Å². The molecule has 6 nitrogen and oxygen atoms in total. The number of hydrogen-bond acceptors (Lipinski definition) is 4. The normalized spacial score (nSPS) is 15.3. The van der Waals surface area contributed by atoms with Crippen molar-refractivity contribution in [3.63, 3.8) is 0 Å². The van der Waals surface area contributed by atoms with Crippen LogP contribution >= 0.6 is 24.0 Å². The number of hydrogen-bond donors (Lipinski definition) is 1. The van der Waals surface area contributed by atoms with E-state index in [4.69, 9.17) is 14.5 Å². The van der Waals surface area contributed by atoms with Crippen molar-refractivity contribution in [1.29, 1.82) is 0 Å². The predicted molar refractivity (Wildman–Crippen MR) is 114 cm³/mol. The molecule has 0 aliphatic carbocycles. The van der Waals surface area contributed by atoms with E-state index in [-0.39, 0.29) is 35.9 Å². The summed E-state index contributed by atoms with van der Waals surface area (Å²) in [6.45, 7) is 5.70. The van der Waals surface area contributed by atoms with E-state index in [2.05, 4.69) is 29.3 Å². The Morgan fingerprint density at radius 3 is 2.46 bits per heavy atom. The Morgan fingerprint density at radius 2 is 1.88 bits per heavy atom. The number of esters is 1. The lowest BCUT2D eigenvalue weighted by molar-refractivity contribution is -0.146. The SMILES string of the molecule is CCNC(=NCc1ccccc1COC)N1CCC(C(=O)OC)CC1.I. The quantitative estimate of drug-likeness (QED) is 0.297. The molecule has 1 heterocycles. The number of carbonyl (C=O) groups is 1. The minimum Gasteiger partial charge on any atom is -0.469 e. The number of benzene rings is 1. The van der Waals surface area contributed by atoms with Crippen LogP contribution in [0.2, 0.25) is 0 Å². The van der Waals surface area contributed by atoms with Gasteiger partial charge in [-0.05, 0) is 30.9 Å². The summed E-state index contributed by atoms with van der Waals surface area (Å²) >= 11 is 0. The monoisotopic (exact) mass is 475 g/mol. The van der Waals surface area contributed by atoms with E-state index in [1.54, 1.807) is 7.11 Å². The van der Waals surface area contributed by atoms with Gasteiger partial charge in [-0.2, -0.15) is 0 Å². The minimum absolute atomic E-state index is 0. The molecular weight excluding hydrogens is 445 g/mol. The van der Waals surface area contributed by atoms with E-state index >= 15 is 0 Å². The van der Waals surface area contributed by atoms with Crippen LogP contribution in [0.25, 0.3) is 0 Å². The van der Waals surface area contributed by atoms with Crippen molar-refractivity contribution in [3.8, 4) is 0 Å². The van der Waals surface area contributed by atoms with E-state index in [1.807, 2.05) is 12.1 Å². The summed E-state index contributed by atoms with van der Waals surface area (Å²) in [5.74, 6) is 0.805. The van der Waals surface area contributed by atoms with Gasteiger partial charge in [0.25, 0.3) is 0 Å². The third-order valence-corrected chi connectivity index (χ3v) is 4.48. The molecule has 1 aromatic rings. The predicted octanol–water partition coefficient (Wildman–Crippen LogP) is 2.80. The highest BCUT2D eigenvalue weighted by molar-refractivity contribution is 14.0. The maximum atomic E-state index is 11.7. The average Bonchev–Trinajstić information content (AvgIpc) is 2.66. The van der Waals surface area contributed by atoms with Crippen LogP contribution in [0.5, 0.6) is 0 Å². The van der Waals surface area contributed by atoms with E-state index in [0.29, 0.717) is 13.2 Å². The highest BCUT2D eigenvalue weighted by atomic mass is 127. The lowest BCUT2D eigenvalue weighted by Crippen LogP contribution is -2.46. The van der Waals surface area contributed by atoms with Crippen LogP contribution in [0.1, 0.15) is 30.9 Å². The number of carbonyl (C=O) groups excluding carboxylic acids is 1. The number of methoxy groups -OCH3 is 2. The maximum Gasteiger partial charge on any atom is 0.308 e. The molecule has 2 rings (SSSR count). The van der Waals surface area contributed by atoms with Crippen molar-refractivity contribution in [1.82, 2.24) is 10.2 Å². The number of ether oxygens (including phenoxy) is 2. The topological polar surface area (TPSA) is 63.2 Å². The molecule has 7 heteroatoms. The van der Waals surface area contributed by atoms with Gasteiger partial charge >= 0.3 is 5.97 Å². The number of rotatable bonds is 6. The van der Waals surface area contributed by atoms with E-state index in [1.165, 1.54) is 12.7 Å². The summed E-state index contributed by atoms with van der Waals surface area (Å²) in [7, 11) is 3.16. The third-order valence-electron chi connectivity index (χ3n) is 4.48. The highest BCUT2D eigenvalue weighted by Crippen LogP contribution is 2.19. The lowest BCUT2D eigenvalue weighted by Gasteiger charge is -2.33. The number of guanidine groups is 1. The number of nitrogens with zero attached hydrogens (tertiary/aromatic N) is 2. The van der Waals surface area contributed by atoms with Crippen LogP contribution in [0.4, 0.5) is 0 Å². The van der Waals surface area contributed by atoms with Crippen LogP contribution in [-0.4, -0.2) is 50.7 Å². The van der Waals surface area contributed by atoms with E-state index < -0.39 is 0 Å². The number of aliphatic imine (C=N–C) groups is 1. The molecule has 1 saturated heterocycles. The molecule has 1 N–H and O–H groups in total. The van der Waals surface area contributed by atoms with Gasteiger partial charge in [-0.25, -0.2) is 4.99 Å². The molecule has 0 spiro atoms. The largest absolute Gasteiger partial charge is 0.469 e. The van der Waals surface area contributed by atoms with Crippen molar-refractivity contribution in [2.75, 3.05) is 33.9 Å². The Labute approximate surface area is 173 Å². The second-order valence-corrected chi connectivity index (χ2v) is 6.16. The van der Waals surface area contributed by atoms with Crippen LogP contribution in [0.15, 0.2) is 29.3 Å². The molecule has 0 radical (unpaired) electrons. The van der Waals surface area contributed by atoms with Crippen LogP contribution < -0.4 is 5.32 Å². The summed E-state index contributed by atoms with van der Waals surface area (Å²) in [6, 6.07) is 8.21. The third kappa shape index (κ3) is 6.42. The minimum atomic E-state index is -0.102. The zero-order chi connectivity index (χ0) is 18.1. The summed E-state index contributed by atoms with van der Waals surface area (Å²) in [6.07, 6.45) is 1.61. The summed E-state index contributed by atoms with van der Waals surface area (Å²) in [5.41, 5.74) is 2.33. The molecule has 0 saturated carbocycles. The van der Waals surface area contributed by atoms with Crippen LogP contribution in [-0.2, 0) is 27.4 Å². The average molecular weight is 475 g/mol. The Morgan fingerprint density at radius 1 is 1.23 bits per heavy atom. The standard InChI is InChI=1S/C19H29N3O3.HI/c1-4-20-19(22-11-9-15(10-12-22)18(23)25-3)21-13-16-7-5-6-8-17(16)14-24-2;/h5-8,15H,4,9-14H2,1-3H3,(H,20,21);1H. The second-order valence-electron chi connectivity index (χ2n) is 6.16. The molecule has 1 aromatic carbocycles. The first-order valence-corrected chi connectivity index (χ1v) is 8.86. The highest BCUT2D eigenvalue weighted by Gasteiger charge is 2.26. The van der Waals surface area contributed by atoms with Gasteiger partial charge in [0.05, 0.1) is 26.2 Å². The van der Waals surface area contributed by atoms with Gasteiger partial charge in [-0.15, -0.1) is 24.0 Å². The molecule has 26 heavy (non-hydrogen) atoms. The smallest absolute Gasteiger partial charge is 0.308 e. The second kappa shape index (κ2) is 12.1. The zero-order valence-corrected chi connectivity index (χ0v) is 18.2. The Kier molecular flexibility index (Phi) is 10.6. The van der Waals surface area contributed by atoms with Crippen molar-refractivity contribution >= 4 is 35.9 Å². The fourth-order valence-corrected chi connectivity index (χ4v) is 3.09. The summed E-state index contributed by atoms with van der Waals surface area (Å²) < 4.78 is 10.1. The van der Waals surface area contributed by atoms with Crippen molar-refractivity contribution in [2.45, 2.75) is 32.9 Å². The zero-order valence-electron chi connectivity index (χ0n) is 15.9. The molecule has 1 aliphatic heterocycles. The first-order valence-electron chi connectivity index (χ1n) is 8.86. The summed E-state index contributed by atoms with van der Waals surface area (Å²) in [4.78, 5) is 18.7. The number of nitrogens with one attached hydrogen (secondary N) is 1. The molecule has 0 bridgehead atoms. The van der Waals surface area contributed by atoms with Crippen molar-refractivity contribution < 1.29 is 14.3 Å². The first kappa shape index (κ1) is 22.7. The number of halogens is 1.